The van der Waals surface area contributed by atoms with Crippen LogP contribution in [0.3, 0.4) is 0 Å². The Morgan fingerprint density at radius 1 is 1.16 bits per heavy atom. The molecule has 0 saturated carbocycles. The Morgan fingerprint density at radius 2 is 1.94 bits per heavy atom. The van der Waals surface area contributed by atoms with Crippen LogP contribution in [0.5, 0.6) is 11.5 Å². The van der Waals surface area contributed by atoms with Crippen molar-refractivity contribution in [3.05, 3.63) is 89.8 Å². The van der Waals surface area contributed by atoms with Crippen molar-refractivity contribution in [1.29, 1.82) is 0 Å². The molecule has 2 aromatic carbocycles. The van der Waals surface area contributed by atoms with Crippen LogP contribution in [0.2, 0.25) is 0 Å². The van der Waals surface area contributed by atoms with E-state index in [4.69, 9.17) is 14.0 Å². The minimum Gasteiger partial charge on any atom is -0.493 e. The Bertz CT molecular complexity index is 1050. The van der Waals surface area contributed by atoms with Gasteiger partial charge in [-0.25, -0.2) is 0 Å². The van der Waals surface area contributed by atoms with Crippen molar-refractivity contribution < 1.29 is 18.8 Å². The Morgan fingerprint density at radius 3 is 2.58 bits per heavy atom. The van der Waals surface area contributed by atoms with E-state index in [2.05, 4.69) is 11.7 Å². The lowest BCUT2D eigenvalue weighted by Gasteiger charge is -2.19. The van der Waals surface area contributed by atoms with Crippen molar-refractivity contribution >= 4 is 17.7 Å². The average molecular weight is 418 g/mol. The number of aryl methyl sites for hydroxylation is 2. The van der Waals surface area contributed by atoms with E-state index < -0.39 is 0 Å². The summed E-state index contributed by atoms with van der Waals surface area (Å²) in [6, 6.07) is 15.0. The van der Waals surface area contributed by atoms with Crippen LogP contribution in [0, 0.1) is 13.8 Å². The van der Waals surface area contributed by atoms with Crippen LogP contribution in [0.25, 0.3) is 6.08 Å². The highest BCUT2D eigenvalue weighted by Crippen LogP contribution is 2.30. The lowest BCUT2D eigenvalue weighted by Crippen LogP contribution is -2.29. The molecular weight excluding hydrogens is 392 g/mol. The molecule has 3 rings (SSSR count). The first-order valence-corrected chi connectivity index (χ1v) is 9.91. The molecule has 0 fully saturated rings. The number of anilines is 1. The van der Waals surface area contributed by atoms with Crippen molar-refractivity contribution in [3.63, 3.8) is 0 Å². The predicted molar refractivity (Wildman–Crippen MR) is 121 cm³/mol. The number of rotatable bonds is 9. The fourth-order valence-corrected chi connectivity index (χ4v) is 3.08. The van der Waals surface area contributed by atoms with Crippen LogP contribution in [0.1, 0.15) is 22.6 Å². The van der Waals surface area contributed by atoms with Crippen LogP contribution >= 0.6 is 0 Å². The first-order chi connectivity index (χ1) is 15.0. The van der Waals surface area contributed by atoms with Gasteiger partial charge in [-0.3, -0.25) is 4.79 Å². The largest absolute Gasteiger partial charge is 0.493 e. The van der Waals surface area contributed by atoms with Gasteiger partial charge in [0.05, 0.1) is 18.4 Å². The van der Waals surface area contributed by atoms with Gasteiger partial charge >= 0.3 is 0 Å². The minimum atomic E-state index is -0.135. The quantitative estimate of drug-likeness (QED) is 0.357. The maximum absolute atomic E-state index is 12.7. The van der Waals surface area contributed by atoms with E-state index in [9.17, 15) is 4.79 Å². The summed E-state index contributed by atoms with van der Waals surface area (Å²) >= 11 is 0. The van der Waals surface area contributed by atoms with Crippen LogP contribution in [-0.4, -0.2) is 24.7 Å². The number of amides is 1. The van der Waals surface area contributed by atoms with E-state index >= 15 is 0 Å². The second-order valence-corrected chi connectivity index (χ2v) is 6.91. The molecule has 0 N–H and O–H groups in total. The zero-order chi connectivity index (χ0) is 22.2. The van der Waals surface area contributed by atoms with Gasteiger partial charge in [-0.1, -0.05) is 35.5 Å². The summed E-state index contributed by atoms with van der Waals surface area (Å²) in [6.45, 7) is 8.23. The summed E-state index contributed by atoms with van der Waals surface area (Å²) in [4.78, 5) is 14.4. The van der Waals surface area contributed by atoms with Gasteiger partial charge in [-0.05, 0) is 49.8 Å². The average Bonchev–Trinajstić information content (AvgIpc) is 3.12. The van der Waals surface area contributed by atoms with E-state index in [-0.39, 0.29) is 5.91 Å². The van der Waals surface area contributed by atoms with Crippen LogP contribution < -0.4 is 14.4 Å². The summed E-state index contributed by atoms with van der Waals surface area (Å²) in [6.07, 6.45) is 4.99. The molecule has 1 amide bonds. The SMILES string of the molecule is C=CCN(C(=O)/C=C/c1ccc(OCc2c(C)noc2C)c(OC)c1)c1ccccc1. The van der Waals surface area contributed by atoms with Crippen molar-refractivity contribution in [2.24, 2.45) is 0 Å². The van der Waals surface area contributed by atoms with Crippen molar-refractivity contribution in [2.75, 3.05) is 18.6 Å². The lowest BCUT2D eigenvalue weighted by molar-refractivity contribution is -0.114. The first kappa shape index (κ1) is 21.9. The Hall–Kier alpha value is -3.80. The molecule has 0 bridgehead atoms. The summed E-state index contributed by atoms with van der Waals surface area (Å²) < 4.78 is 16.5. The number of benzene rings is 2. The first-order valence-electron chi connectivity index (χ1n) is 9.91. The molecule has 6 heteroatoms. The summed E-state index contributed by atoms with van der Waals surface area (Å²) in [5.74, 6) is 1.77. The van der Waals surface area contributed by atoms with E-state index in [1.807, 2.05) is 62.4 Å². The van der Waals surface area contributed by atoms with Crippen LogP contribution in [-0.2, 0) is 11.4 Å². The van der Waals surface area contributed by atoms with E-state index in [0.717, 1.165) is 28.3 Å². The number of hydrogen-bond donors (Lipinski definition) is 0. The van der Waals surface area contributed by atoms with Crippen molar-refractivity contribution in [3.8, 4) is 11.5 Å². The standard InChI is InChI=1S/C25H26N2O4/c1-5-15-27(21-9-7-6-8-10-21)25(28)14-12-20-11-13-23(24(16-20)29-4)30-17-22-18(2)26-31-19(22)3/h5-14,16H,1,15,17H2,2-4H3/b14-12+. The molecule has 0 aliphatic rings. The van der Waals surface area contributed by atoms with Gasteiger partial charge in [-0.2, -0.15) is 0 Å². The fourth-order valence-electron chi connectivity index (χ4n) is 3.08. The molecule has 0 atom stereocenters. The maximum atomic E-state index is 12.7. The van der Waals surface area contributed by atoms with E-state index in [1.54, 1.807) is 24.2 Å². The molecule has 0 spiro atoms. The van der Waals surface area contributed by atoms with Gasteiger partial charge in [0.15, 0.2) is 11.5 Å². The van der Waals surface area contributed by atoms with Gasteiger partial charge in [-0.15, -0.1) is 6.58 Å². The van der Waals surface area contributed by atoms with Crippen molar-refractivity contribution in [1.82, 2.24) is 5.16 Å². The highest BCUT2D eigenvalue weighted by Gasteiger charge is 2.13. The van der Waals surface area contributed by atoms with Gasteiger partial charge in [0.2, 0.25) is 0 Å². The third-order valence-corrected chi connectivity index (χ3v) is 4.80. The molecule has 0 aliphatic heterocycles. The molecular formula is C25H26N2O4. The summed E-state index contributed by atoms with van der Waals surface area (Å²) in [7, 11) is 1.58. The number of methoxy groups -OCH3 is 1. The second-order valence-electron chi connectivity index (χ2n) is 6.91. The third kappa shape index (κ3) is 5.42. The summed E-state index contributed by atoms with van der Waals surface area (Å²) in [5, 5.41) is 3.94. The van der Waals surface area contributed by atoms with Gasteiger partial charge in [0.1, 0.15) is 12.4 Å². The number of para-hydroxylation sites is 1. The molecule has 3 aromatic rings. The molecule has 31 heavy (non-hydrogen) atoms. The highest BCUT2D eigenvalue weighted by molar-refractivity contribution is 6.04. The third-order valence-electron chi connectivity index (χ3n) is 4.80. The Kier molecular flexibility index (Phi) is 7.27. The predicted octanol–water partition coefficient (Wildman–Crippen LogP) is 5.11. The lowest BCUT2D eigenvalue weighted by atomic mass is 10.1. The molecule has 160 valence electrons. The van der Waals surface area contributed by atoms with Gasteiger partial charge in [0, 0.05) is 18.3 Å². The number of nitrogens with zero attached hydrogens (tertiary/aromatic N) is 2. The number of carbonyl (C=O) groups is 1. The van der Waals surface area contributed by atoms with Gasteiger partial charge in [0.25, 0.3) is 5.91 Å². The Balaban J connectivity index is 1.73. The molecule has 1 heterocycles. The van der Waals surface area contributed by atoms with E-state index in [1.165, 1.54) is 6.08 Å². The van der Waals surface area contributed by atoms with Crippen LogP contribution in [0.15, 0.2) is 71.8 Å². The Labute approximate surface area is 182 Å². The number of ether oxygens (including phenoxy) is 2. The molecule has 0 aliphatic carbocycles. The summed E-state index contributed by atoms with van der Waals surface area (Å²) in [5.41, 5.74) is 3.36. The number of aromatic nitrogens is 1. The fraction of sp³-hybridized carbons (Fsp3) is 0.200. The van der Waals surface area contributed by atoms with E-state index in [0.29, 0.717) is 24.7 Å². The zero-order valence-corrected chi connectivity index (χ0v) is 18.0. The molecule has 0 saturated heterocycles. The monoisotopic (exact) mass is 418 g/mol. The smallest absolute Gasteiger partial charge is 0.251 e. The highest BCUT2D eigenvalue weighted by atomic mass is 16.5. The molecule has 0 unspecified atom stereocenters. The molecule has 6 nitrogen and oxygen atoms in total. The second kappa shape index (κ2) is 10.3. The molecule has 0 radical (unpaired) electrons. The maximum Gasteiger partial charge on any atom is 0.251 e. The number of carbonyl (C=O) groups excluding carboxylic acids is 1. The molecule has 1 aromatic heterocycles. The minimum absolute atomic E-state index is 0.135. The zero-order valence-electron chi connectivity index (χ0n) is 18.0. The van der Waals surface area contributed by atoms with Gasteiger partial charge < -0.3 is 18.9 Å². The topological polar surface area (TPSA) is 64.8 Å². The number of hydrogen-bond acceptors (Lipinski definition) is 5. The van der Waals surface area contributed by atoms with Crippen molar-refractivity contribution in [2.45, 2.75) is 20.5 Å². The van der Waals surface area contributed by atoms with Crippen LogP contribution in [0.4, 0.5) is 5.69 Å². The normalized spacial score (nSPS) is 10.8.